The van der Waals surface area contributed by atoms with Crippen molar-refractivity contribution in [2.75, 3.05) is 6.61 Å². The van der Waals surface area contributed by atoms with Crippen molar-refractivity contribution in [1.29, 1.82) is 0 Å². The van der Waals surface area contributed by atoms with E-state index in [2.05, 4.69) is 0 Å². The molecule has 0 amide bonds. The summed E-state index contributed by atoms with van der Waals surface area (Å²) in [5.41, 5.74) is 6.11. The highest BCUT2D eigenvalue weighted by molar-refractivity contribution is 6.30. The molecule has 0 bridgehead atoms. The molecule has 1 atom stereocenters. The van der Waals surface area contributed by atoms with Gasteiger partial charge in [0.05, 0.1) is 0 Å². The maximum atomic E-state index is 13.5. The molecule has 2 nitrogen and oxygen atoms in total. The lowest BCUT2D eigenvalue weighted by molar-refractivity contribution is 0.286. The summed E-state index contributed by atoms with van der Waals surface area (Å²) in [5, 5.41) is 0.562. The molecule has 0 aliphatic carbocycles. The van der Waals surface area contributed by atoms with E-state index in [-0.39, 0.29) is 18.6 Å². The lowest BCUT2D eigenvalue weighted by atomic mass is 10.1. The first-order valence-electron chi connectivity index (χ1n) is 6.13. The highest BCUT2D eigenvalue weighted by atomic mass is 35.5. The third kappa shape index (κ3) is 3.92. The Hall–Kier alpha value is -1.65. The van der Waals surface area contributed by atoms with Crippen molar-refractivity contribution in [3.8, 4) is 5.75 Å². The number of hydrogen-bond donors (Lipinski definition) is 1. The molecule has 2 aromatic carbocycles. The molecule has 0 saturated carbocycles. The van der Waals surface area contributed by atoms with E-state index >= 15 is 0 Å². The summed E-state index contributed by atoms with van der Waals surface area (Å²) < 4.78 is 32.0. The van der Waals surface area contributed by atoms with Gasteiger partial charge in [-0.25, -0.2) is 8.78 Å². The summed E-state index contributed by atoms with van der Waals surface area (Å²) in [6, 6.07) is 10.5. The van der Waals surface area contributed by atoms with Crippen molar-refractivity contribution in [1.82, 2.24) is 0 Å². The van der Waals surface area contributed by atoms with Gasteiger partial charge in [0.1, 0.15) is 12.4 Å². The van der Waals surface area contributed by atoms with Gasteiger partial charge in [-0.15, -0.1) is 0 Å². The molecule has 1 unspecified atom stereocenters. The van der Waals surface area contributed by atoms with Crippen LogP contribution < -0.4 is 10.5 Å². The predicted octanol–water partition coefficient (Wildman–Crippen LogP) is 3.57. The third-order valence-corrected chi connectivity index (χ3v) is 3.01. The van der Waals surface area contributed by atoms with Crippen LogP contribution in [0.25, 0.3) is 0 Å². The van der Waals surface area contributed by atoms with Gasteiger partial charge in [-0.2, -0.15) is 0 Å². The van der Waals surface area contributed by atoms with E-state index in [9.17, 15) is 8.78 Å². The minimum absolute atomic E-state index is 0.191. The fourth-order valence-electron chi connectivity index (χ4n) is 1.81. The molecule has 20 heavy (non-hydrogen) atoms. The molecule has 2 rings (SSSR count). The van der Waals surface area contributed by atoms with E-state index < -0.39 is 17.7 Å². The number of hydrogen-bond acceptors (Lipinski definition) is 2. The summed E-state index contributed by atoms with van der Waals surface area (Å²) in [6.45, 7) is 0.191. The van der Waals surface area contributed by atoms with Crippen molar-refractivity contribution >= 4 is 11.6 Å². The Kier molecular flexibility index (Phi) is 4.93. The molecule has 5 heteroatoms. The lowest BCUT2D eigenvalue weighted by Crippen LogP contribution is -2.30. The molecule has 2 N–H and O–H groups in total. The summed E-state index contributed by atoms with van der Waals surface area (Å²) >= 11 is 5.83. The van der Waals surface area contributed by atoms with E-state index in [1.165, 1.54) is 12.1 Å². The van der Waals surface area contributed by atoms with Crippen LogP contribution in [0.15, 0.2) is 42.5 Å². The molecule has 0 spiro atoms. The van der Waals surface area contributed by atoms with Crippen LogP contribution in [-0.4, -0.2) is 12.6 Å². The monoisotopic (exact) mass is 297 g/mol. The van der Waals surface area contributed by atoms with Gasteiger partial charge in [0, 0.05) is 11.1 Å². The molecule has 0 radical (unpaired) electrons. The Morgan fingerprint density at radius 3 is 2.65 bits per heavy atom. The van der Waals surface area contributed by atoms with E-state index in [4.69, 9.17) is 22.1 Å². The molecule has 0 aromatic heterocycles. The molecule has 0 heterocycles. The van der Waals surface area contributed by atoms with E-state index in [0.717, 1.165) is 6.07 Å². The van der Waals surface area contributed by atoms with Crippen LogP contribution in [0.4, 0.5) is 8.78 Å². The minimum atomic E-state index is -0.870. The highest BCUT2D eigenvalue weighted by Gasteiger charge is 2.12. The van der Waals surface area contributed by atoms with Crippen molar-refractivity contribution < 1.29 is 13.5 Å². The van der Waals surface area contributed by atoms with Gasteiger partial charge < -0.3 is 10.5 Å². The van der Waals surface area contributed by atoms with Crippen LogP contribution in [0.3, 0.4) is 0 Å². The number of halogens is 3. The van der Waals surface area contributed by atoms with Gasteiger partial charge in [0.15, 0.2) is 11.6 Å². The zero-order valence-corrected chi connectivity index (χ0v) is 11.4. The Morgan fingerprint density at radius 2 is 1.90 bits per heavy atom. The Morgan fingerprint density at radius 1 is 1.15 bits per heavy atom. The fraction of sp³-hybridized carbons (Fsp3) is 0.200. The van der Waals surface area contributed by atoms with Gasteiger partial charge in [-0.1, -0.05) is 29.8 Å². The first-order chi connectivity index (χ1) is 9.56. The quantitative estimate of drug-likeness (QED) is 0.916. The molecular formula is C15H14ClF2NO. The number of rotatable bonds is 5. The normalized spacial score (nSPS) is 12.2. The second-order valence-corrected chi connectivity index (χ2v) is 4.88. The molecule has 0 aliphatic rings. The number of nitrogens with two attached hydrogens (primary N) is 1. The van der Waals surface area contributed by atoms with Crippen LogP contribution >= 0.6 is 11.6 Å². The Bertz CT molecular complexity index is 592. The second-order valence-electron chi connectivity index (χ2n) is 4.45. The van der Waals surface area contributed by atoms with Crippen LogP contribution in [0.2, 0.25) is 5.02 Å². The van der Waals surface area contributed by atoms with Gasteiger partial charge in [0.2, 0.25) is 0 Å². The molecule has 0 fully saturated rings. The van der Waals surface area contributed by atoms with Gasteiger partial charge in [-0.3, -0.25) is 0 Å². The topological polar surface area (TPSA) is 35.2 Å². The molecule has 0 saturated heterocycles. The number of ether oxygens (including phenoxy) is 1. The molecule has 106 valence electrons. The van der Waals surface area contributed by atoms with Crippen molar-refractivity contribution in [2.45, 2.75) is 12.5 Å². The maximum Gasteiger partial charge on any atom is 0.162 e. The van der Waals surface area contributed by atoms with E-state index in [1.54, 1.807) is 24.3 Å². The standard InChI is InChI=1S/C15H14ClF2NO/c16-11-4-2-5-13(8-11)20-9-12(19)7-10-3-1-6-14(17)15(10)18/h1-6,8,12H,7,9,19H2. The number of benzene rings is 2. The van der Waals surface area contributed by atoms with E-state index in [1.807, 2.05) is 0 Å². The average molecular weight is 298 g/mol. The molecular weight excluding hydrogens is 284 g/mol. The minimum Gasteiger partial charge on any atom is -0.492 e. The Labute approximate surface area is 121 Å². The van der Waals surface area contributed by atoms with E-state index in [0.29, 0.717) is 10.8 Å². The van der Waals surface area contributed by atoms with Gasteiger partial charge in [-0.05, 0) is 36.2 Å². The SMILES string of the molecule is NC(COc1cccc(Cl)c1)Cc1cccc(F)c1F. The lowest BCUT2D eigenvalue weighted by Gasteiger charge is -2.14. The van der Waals surface area contributed by atoms with Crippen molar-refractivity contribution in [3.63, 3.8) is 0 Å². The van der Waals surface area contributed by atoms with Crippen LogP contribution in [0.1, 0.15) is 5.56 Å². The molecule has 2 aromatic rings. The van der Waals surface area contributed by atoms with Crippen molar-refractivity contribution in [3.05, 3.63) is 64.7 Å². The van der Waals surface area contributed by atoms with Crippen LogP contribution in [0, 0.1) is 11.6 Å². The van der Waals surface area contributed by atoms with Crippen LogP contribution in [0.5, 0.6) is 5.75 Å². The first-order valence-corrected chi connectivity index (χ1v) is 6.51. The largest absolute Gasteiger partial charge is 0.492 e. The average Bonchev–Trinajstić information content (AvgIpc) is 2.42. The zero-order valence-electron chi connectivity index (χ0n) is 10.7. The third-order valence-electron chi connectivity index (χ3n) is 2.77. The summed E-state index contributed by atoms with van der Waals surface area (Å²) in [4.78, 5) is 0. The smallest absolute Gasteiger partial charge is 0.162 e. The Balaban J connectivity index is 1.92. The summed E-state index contributed by atoms with van der Waals surface area (Å²) in [6.07, 6.45) is 0.199. The second kappa shape index (κ2) is 6.68. The highest BCUT2D eigenvalue weighted by Crippen LogP contribution is 2.18. The maximum absolute atomic E-state index is 13.5. The predicted molar refractivity (Wildman–Crippen MR) is 75.0 cm³/mol. The van der Waals surface area contributed by atoms with Gasteiger partial charge >= 0.3 is 0 Å². The van der Waals surface area contributed by atoms with Crippen molar-refractivity contribution in [2.24, 2.45) is 5.73 Å². The summed E-state index contributed by atoms with van der Waals surface area (Å²) in [7, 11) is 0. The first kappa shape index (κ1) is 14.8. The zero-order chi connectivity index (χ0) is 14.5. The summed E-state index contributed by atoms with van der Waals surface area (Å²) in [5.74, 6) is -1.14. The van der Waals surface area contributed by atoms with Crippen LogP contribution in [-0.2, 0) is 6.42 Å². The van der Waals surface area contributed by atoms with Gasteiger partial charge in [0.25, 0.3) is 0 Å². The fourth-order valence-corrected chi connectivity index (χ4v) is 1.99. The molecule has 0 aliphatic heterocycles.